The number of carbonyl (C=O) groups excluding carboxylic acids is 2. The number of likely N-dealkylation sites (N-methyl/N-ethyl adjacent to an activating group) is 1. The summed E-state index contributed by atoms with van der Waals surface area (Å²) in [4.78, 5) is 29.4. The molecule has 0 aliphatic carbocycles. The van der Waals surface area contributed by atoms with Gasteiger partial charge in [0.05, 0.1) is 5.57 Å². The Bertz CT molecular complexity index is 923. The Balaban J connectivity index is 1.66. The Morgan fingerprint density at radius 3 is 2.14 bits per heavy atom. The maximum Gasteiger partial charge on any atom is 0.278 e. The molecular weight excluding hydrogens is 350 g/mol. The number of rotatable bonds is 5. The van der Waals surface area contributed by atoms with E-state index < -0.39 is 0 Å². The van der Waals surface area contributed by atoms with E-state index in [9.17, 15) is 9.59 Å². The number of hydrogen-bond acceptors (Lipinski definition) is 4. The van der Waals surface area contributed by atoms with Crippen molar-refractivity contribution in [1.82, 2.24) is 4.90 Å². The minimum absolute atomic E-state index is 0.243. The van der Waals surface area contributed by atoms with E-state index in [0.29, 0.717) is 17.8 Å². The van der Waals surface area contributed by atoms with Crippen molar-refractivity contribution in [3.8, 4) is 0 Å². The molecule has 28 heavy (non-hydrogen) atoms. The number of benzene rings is 2. The Labute approximate surface area is 165 Å². The number of carbonyl (C=O) groups is 2. The van der Waals surface area contributed by atoms with Crippen LogP contribution < -0.4 is 10.2 Å². The molecule has 5 heteroatoms. The normalized spacial score (nSPS) is 17.1. The first kappa shape index (κ1) is 18.3. The zero-order chi connectivity index (χ0) is 19.7. The fraction of sp³-hybridized carbons (Fsp3) is 0.304. The van der Waals surface area contributed by atoms with E-state index >= 15 is 0 Å². The van der Waals surface area contributed by atoms with E-state index in [1.807, 2.05) is 50.2 Å². The molecule has 1 fully saturated rings. The van der Waals surface area contributed by atoms with Crippen molar-refractivity contribution < 1.29 is 9.59 Å². The van der Waals surface area contributed by atoms with Crippen molar-refractivity contribution in [3.05, 3.63) is 65.4 Å². The van der Waals surface area contributed by atoms with Crippen LogP contribution in [0, 0.1) is 6.92 Å². The second kappa shape index (κ2) is 7.50. The smallest absolute Gasteiger partial charge is 0.278 e. The van der Waals surface area contributed by atoms with Gasteiger partial charge >= 0.3 is 0 Å². The van der Waals surface area contributed by atoms with Crippen molar-refractivity contribution in [2.45, 2.75) is 26.7 Å². The van der Waals surface area contributed by atoms with Gasteiger partial charge in [0, 0.05) is 31.0 Å². The van der Waals surface area contributed by atoms with Gasteiger partial charge in [-0.3, -0.25) is 14.5 Å². The molecular formula is C23H25N3O2. The zero-order valence-electron chi connectivity index (χ0n) is 16.4. The summed E-state index contributed by atoms with van der Waals surface area (Å²) in [6, 6.07) is 15.8. The van der Waals surface area contributed by atoms with E-state index in [1.165, 1.54) is 23.4 Å². The maximum absolute atomic E-state index is 12.9. The van der Waals surface area contributed by atoms with Crippen LogP contribution in [0.15, 0.2) is 54.2 Å². The molecule has 2 amide bonds. The Hall–Kier alpha value is -3.08. The van der Waals surface area contributed by atoms with Crippen LogP contribution in [0.5, 0.6) is 0 Å². The average Bonchev–Trinajstić information content (AvgIpc) is 3.31. The van der Waals surface area contributed by atoms with Gasteiger partial charge in [-0.05, 0) is 56.5 Å². The summed E-state index contributed by atoms with van der Waals surface area (Å²) < 4.78 is 0. The van der Waals surface area contributed by atoms with Crippen LogP contribution in [0.2, 0.25) is 0 Å². The minimum Gasteiger partial charge on any atom is -0.372 e. The number of nitrogens with one attached hydrogen (secondary N) is 1. The second-order valence-electron chi connectivity index (χ2n) is 7.34. The second-order valence-corrected chi connectivity index (χ2v) is 7.34. The molecule has 5 nitrogen and oxygen atoms in total. The number of amides is 2. The number of imide groups is 1. The highest BCUT2D eigenvalue weighted by atomic mass is 16.2. The molecule has 2 aliphatic heterocycles. The lowest BCUT2D eigenvalue weighted by Crippen LogP contribution is -2.32. The molecule has 0 atom stereocenters. The lowest BCUT2D eigenvalue weighted by Gasteiger charge is -2.18. The summed E-state index contributed by atoms with van der Waals surface area (Å²) in [7, 11) is 0. The van der Waals surface area contributed by atoms with E-state index in [4.69, 9.17) is 0 Å². The van der Waals surface area contributed by atoms with Gasteiger partial charge in [0.15, 0.2) is 0 Å². The standard InChI is InChI=1S/C23H25N3O2/c1-3-26-22(27)20(17-8-6-16(2)7-9-17)21(23(26)28)24-18-10-12-19(13-11-18)25-14-4-5-15-25/h6-13,24H,3-5,14-15H2,1-2H3. The monoisotopic (exact) mass is 375 g/mol. The van der Waals surface area contributed by atoms with Gasteiger partial charge < -0.3 is 10.2 Å². The quantitative estimate of drug-likeness (QED) is 0.808. The molecule has 1 N–H and O–H groups in total. The van der Waals surface area contributed by atoms with Crippen LogP contribution in [0.1, 0.15) is 30.9 Å². The molecule has 0 unspecified atom stereocenters. The maximum atomic E-state index is 12.9. The number of anilines is 2. The average molecular weight is 375 g/mol. The Morgan fingerprint density at radius 2 is 1.54 bits per heavy atom. The molecule has 0 radical (unpaired) electrons. The summed E-state index contributed by atoms with van der Waals surface area (Å²) >= 11 is 0. The van der Waals surface area contributed by atoms with Crippen molar-refractivity contribution in [3.63, 3.8) is 0 Å². The van der Waals surface area contributed by atoms with E-state index in [2.05, 4.69) is 22.3 Å². The summed E-state index contributed by atoms with van der Waals surface area (Å²) in [6.07, 6.45) is 2.46. The van der Waals surface area contributed by atoms with Gasteiger partial charge in [0.2, 0.25) is 0 Å². The third-order valence-corrected chi connectivity index (χ3v) is 5.43. The summed E-state index contributed by atoms with van der Waals surface area (Å²) in [5, 5.41) is 3.22. The number of nitrogens with zero attached hydrogens (tertiary/aromatic N) is 2. The first-order valence-corrected chi connectivity index (χ1v) is 9.88. The fourth-order valence-electron chi connectivity index (χ4n) is 3.84. The van der Waals surface area contributed by atoms with Crippen molar-refractivity contribution >= 4 is 28.8 Å². The van der Waals surface area contributed by atoms with Crippen LogP contribution in [0.25, 0.3) is 5.57 Å². The van der Waals surface area contributed by atoms with Crippen LogP contribution >= 0.6 is 0 Å². The van der Waals surface area contributed by atoms with Gasteiger partial charge in [-0.2, -0.15) is 0 Å². The highest BCUT2D eigenvalue weighted by Crippen LogP contribution is 2.31. The third kappa shape index (κ3) is 3.28. The summed E-state index contributed by atoms with van der Waals surface area (Å²) in [5.41, 5.74) is 4.66. The Morgan fingerprint density at radius 1 is 0.893 bits per heavy atom. The van der Waals surface area contributed by atoms with Crippen LogP contribution in [0.4, 0.5) is 11.4 Å². The minimum atomic E-state index is -0.272. The van der Waals surface area contributed by atoms with E-state index in [1.54, 1.807) is 0 Å². The molecule has 2 heterocycles. The molecule has 2 aliphatic rings. The Kier molecular flexibility index (Phi) is 4.90. The molecule has 0 aromatic heterocycles. The molecule has 0 saturated carbocycles. The number of hydrogen-bond donors (Lipinski definition) is 1. The number of aryl methyl sites for hydroxylation is 1. The highest BCUT2D eigenvalue weighted by Gasteiger charge is 2.38. The van der Waals surface area contributed by atoms with Crippen molar-refractivity contribution in [2.24, 2.45) is 0 Å². The van der Waals surface area contributed by atoms with E-state index in [0.717, 1.165) is 29.9 Å². The molecule has 144 valence electrons. The predicted octanol–water partition coefficient (Wildman–Crippen LogP) is 3.81. The third-order valence-electron chi connectivity index (χ3n) is 5.43. The SMILES string of the molecule is CCN1C(=O)C(Nc2ccc(N3CCCC3)cc2)=C(c2ccc(C)cc2)C1=O. The first-order chi connectivity index (χ1) is 13.6. The van der Waals surface area contributed by atoms with Crippen molar-refractivity contribution in [1.29, 1.82) is 0 Å². The van der Waals surface area contributed by atoms with Crippen molar-refractivity contribution in [2.75, 3.05) is 29.9 Å². The zero-order valence-corrected chi connectivity index (χ0v) is 16.4. The van der Waals surface area contributed by atoms with Gasteiger partial charge in [-0.15, -0.1) is 0 Å². The molecule has 2 aromatic carbocycles. The lowest BCUT2D eigenvalue weighted by atomic mass is 10.0. The molecule has 0 spiro atoms. The molecule has 2 aromatic rings. The van der Waals surface area contributed by atoms with Crippen LogP contribution in [-0.4, -0.2) is 36.3 Å². The van der Waals surface area contributed by atoms with Gasteiger partial charge in [-0.1, -0.05) is 29.8 Å². The topological polar surface area (TPSA) is 52.7 Å². The van der Waals surface area contributed by atoms with Crippen LogP contribution in [0.3, 0.4) is 0 Å². The largest absolute Gasteiger partial charge is 0.372 e. The van der Waals surface area contributed by atoms with Gasteiger partial charge in [-0.25, -0.2) is 0 Å². The summed E-state index contributed by atoms with van der Waals surface area (Å²) in [5.74, 6) is -0.515. The fourth-order valence-corrected chi connectivity index (χ4v) is 3.84. The van der Waals surface area contributed by atoms with Crippen LogP contribution in [-0.2, 0) is 9.59 Å². The molecule has 1 saturated heterocycles. The first-order valence-electron chi connectivity index (χ1n) is 9.88. The predicted molar refractivity (Wildman–Crippen MR) is 112 cm³/mol. The highest BCUT2D eigenvalue weighted by molar-refractivity contribution is 6.36. The molecule has 0 bridgehead atoms. The summed E-state index contributed by atoms with van der Waals surface area (Å²) in [6.45, 7) is 6.35. The lowest BCUT2D eigenvalue weighted by molar-refractivity contribution is -0.136. The van der Waals surface area contributed by atoms with Gasteiger partial charge in [0.1, 0.15) is 5.70 Å². The van der Waals surface area contributed by atoms with E-state index in [-0.39, 0.29) is 11.8 Å². The molecule has 4 rings (SSSR count). The van der Waals surface area contributed by atoms with Gasteiger partial charge in [0.25, 0.3) is 11.8 Å².